The topological polar surface area (TPSA) is 52.6 Å². The summed E-state index contributed by atoms with van der Waals surface area (Å²) in [5.41, 5.74) is -0.191. The number of hydrogen-bond donors (Lipinski definition) is 0. The van der Waals surface area contributed by atoms with Crippen LogP contribution in [0, 0.1) is 11.8 Å². The molecule has 4 atom stereocenters. The standard InChI is InChI=1S/C21H28F6O4/c1-13(19(29)31-17-7-3-5-15(9-11-17)21(25,26)27)12-18(28)30-16-6-2-4-14(8-10-16)20(22,23)24/h14-17H,1-12H2. The summed E-state index contributed by atoms with van der Waals surface area (Å²) in [6.07, 6.45) is -9.26. The maximum atomic E-state index is 12.9. The lowest BCUT2D eigenvalue weighted by atomic mass is 10.00. The van der Waals surface area contributed by atoms with Gasteiger partial charge in [0.15, 0.2) is 0 Å². The van der Waals surface area contributed by atoms with Gasteiger partial charge in [-0.15, -0.1) is 0 Å². The monoisotopic (exact) mass is 458 g/mol. The highest BCUT2D eigenvalue weighted by atomic mass is 19.4. The molecule has 0 bridgehead atoms. The van der Waals surface area contributed by atoms with Crippen molar-refractivity contribution in [1.29, 1.82) is 0 Å². The Bertz CT molecular complexity index is 643. The Morgan fingerprint density at radius 2 is 1.16 bits per heavy atom. The summed E-state index contributed by atoms with van der Waals surface area (Å²) in [7, 11) is 0. The molecule has 2 aliphatic carbocycles. The minimum atomic E-state index is -4.27. The summed E-state index contributed by atoms with van der Waals surface area (Å²) in [6, 6.07) is 0. The SMILES string of the molecule is C=C(CC(=O)OC1CCCC(C(F)(F)F)CC1)C(=O)OC1CCCC(C(F)(F)F)CC1. The van der Waals surface area contributed by atoms with Crippen molar-refractivity contribution < 1.29 is 45.4 Å². The van der Waals surface area contributed by atoms with Gasteiger partial charge in [0.2, 0.25) is 0 Å². The average molecular weight is 458 g/mol. The van der Waals surface area contributed by atoms with Crippen LogP contribution in [0.4, 0.5) is 26.3 Å². The number of carbonyl (C=O) groups is 2. The van der Waals surface area contributed by atoms with Gasteiger partial charge in [0, 0.05) is 5.57 Å². The van der Waals surface area contributed by atoms with E-state index < -0.39 is 54.8 Å². The summed E-state index contributed by atoms with van der Waals surface area (Å²) in [4.78, 5) is 24.2. The molecule has 31 heavy (non-hydrogen) atoms. The molecule has 178 valence electrons. The lowest BCUT2D eigenvalue weighted by Gasteiger charge is -2.19. The molecule has 0 aromatic carbocycles. The zero-order chi connectivity index (χ0) is 23.2. The number of esters is 2. The molecule has 4 unspecified atom stereocenters. The first kappa shape index (κ1) is 25.5. The molecule has 2 fully saturated rings. The third-order valence-corrected chi connectivity index (χ3v) is 5.98. The first-order chi connectivity index (χ1) is 14.4. The lowest BCUT2D eigenvalue weighted by molar-refractivity contribution is -0.179. The second-order valence-electron chi connectivity index (χ2n) is 8.41. The maximum Gasteiger partial charge on any atom is 0.391 e. The molecule has 0 aromatic heterocycles. The molecule has 2 saturated carbocycles. The van der Waals surface area contributed by atoms with Crippen molar-refractivity contribution in [3.8, 4) is 0 Å². The van der Waals surface area contributed by atoms with Crippen LogP contribution in [0.15, 0.2) is 12.2 Å². The van der Waals surface area contributed by atoms with Gasteiger partial charge in [-0.2, -0.15) is 26.3 Å². The second kappa shape index (κ2) is 10.7. The van der Waals surface area contributed by atoms with Crippen LogP contribution in [0.5, 0.6) is 0 Å². The Balaban J connectivity index is 1.76. The quantitative estimate of drug-likeness (QED) is 0.218. The molecular formula is C21H28F6O4. The fourth-order valence-electron chi connectivity index (χ4n) is 4.13. The molecule has 0 saturated heterocycles. The van der Waals surface area contributed by atoms with E-state index in [1.807, 2.05) is 0 Å². The van der Waals surface area contributed by atoms with Crippen molar-refractivity contribution in [2.45, 2.75) is 95.2 Å². The van der Waals surface area contributed by atoms with E-state index in [-0.39, 0.29) is 56.9 Å². The van der Waals surface area contributed by atoms with Crippen molar-refractivity contribution >= 4 is 11.9 Å². The van der Waals surface area contributed by atoms with E-state index in [1.165, 1.54) is 0 Å². The Hall–Kier alpha value is -1.74. The van der Waals surface area contributed by atoms with Crippen molar-refractivity contribution in [1.82, 2.24) is 0 Å². The van der Waals surface area contributed by atoms with Gasteiger partial charge in [-0.25, -0.2) is 4.79 Å². The normalized spacial score (nSPS) is 28.2. The van der Waals surface area contributed by atoms with Crippen LogP contribution in [0.2, 0.25) is 0 Å². The number of rotatable bonds is 5. The lowest BCUT2D eigenvalue weighted by Crippen LogP contribution is -2.24. The summed E-state index contributed by atoms with van der Waals surface area (Å²) in [5, 5.41) is 0. The van der Waals surface area contributed by atoms with E-state index in [2.05, 4.69) is 6.58 Å². The van der Waals surface area contributed by atoms with Crippen LogP contribution in [0.3, 0.4) is 0 Å². The van der Waals surface area contributed by atoms with E-state index in [9.17, 15) is 35.9 Å². The number of halogens is 6. The van der Waals surface area contributed by atoms with Crippen LogP contribution in [-0.2, 0) is 19.1 Å². The highest BCUT2D eigenvalue weighted by molar-refractivity contribution is 5.93. The summed E-state index contributed by atoms with van der Waals surface area (Å²) < 4.78 is 87.5. The number of alkyl halides is 6. The third kappa shape index (κ3) is 8.37. The molecule has 0 aromatic rings. The van der Waals surface area contributed by atoms with Crippen LogP contribution in [0.1, 0.15) is 70.6 Å². The molecule has 4 nitrogen and oxygen atoms in total. The van der Waals surface area contributed by atoms with Crippen LogP contribution in [0.25, 0.3) is 0 Å². The van der Waals surface area contributed by atoms with E-state index in [0.29, 0.717) is 12.8 Å². The fourth-order valence-corrected chi connectivity index (χ4v) is 4.13. The first-order valence-corrected chi connectivity index (χ1v) is 10.6. The molecule has 0 spiro atoms. The predicted molar refractivity (Wildman–Crippen MR) is 98.8 cm³/mol. The van der Waals surface area contributed by atoms with E-state index >= 15 is 0 Å². The van der Waals surface area contributed by atoms with E-state index in [1.54, 1.807) is 0 Å². The van der Waals surface area contributed by atoms with Gasteiger partial charge in [0.1, 0.15) is 12.2 Å². The van der Waals surface area contributed by atoms with Crippen LogP contribution in [-0.4, -0.2) is 36.5 Å². The van der Waals surface area contributed by atoms with Gasteiger partial charge in [0.25, 0.3) is 0 Å². The average Bonchev–Trinajstić information content (AvgIpc) is 3.01. The van der Waals surface area contributed by atoms with Gasteiger partial charge in [-0.05, 0) is 64.2 Å². The summed E-state index contributed by atoms with van der Waals surface area (Å²) in [6.45, 7) is 3.49. The van der Waals surface area contributed by atoms with Crippen molar-refractivity contribution in [2.75, 3.05) is 0 Å². The predicted octanol–water partition coefficient (Wildman–Crippen LogP) is 6.04. The minimum Gasteiger partial charge on any atom is -0.462 e. The molecule has 0 aliphatic heterocycles. The maximum absolute atomic E-state index is 12.9. The highest BCUT2D eigenvalue weighted by Gasteiger charge is 2.41. The third-order valence-electron chi connectivity index (χ3n) is 5.98. The molecule has 0 N–H and O–H groups in total. The van der Waals surface area contributed by atoms with Gasteiger partial charge >= 0.3 is 24.3 Å². The summed E-state index contributed by atoms with van der Waals surface area (Å²) in [5.74, 6) is -4.47. The minimum absolute atomic E-state index is 0.00678. The van der Waals surface area contributed by atoms with Gasteiger partial charge in [-0.3, -0.25) is 4.79 Å². The molecule has 2 rings (SSSR count). The summed E-state index contributed by atoms with van der Waals surface area (Å²) >= 11 is 0. The van der Waals surface area contributed by atoms with Crippen LogP contribution < -0.4 is 0 Å². The highest BCUT2D eigenvalue weighted by Crippen LogP contribution is 2.38. The van der Waals surface area contributed by atoms with Crippen molar-refractivity contribution in [3.63, 3.8) is 0 Å². The zero-order valence-corrected chi connectivity index (χ0v) is 17.2. The molecule has 0 heterocycles. The molecule has 0 radical (unpaired) electrons. The van der Waals surface area contributed by atoms with Gasteiger partial charge in [0.05, 0.1) is 18.3 Å². The number of hydrogen-bond acceptors (Lipinski definition) is 4. The van der Waals surface area contributed by atoms with Gasteiger partial charge < -0.3 is 9.47 Å². The second-order valence-corrected chi connectivity index (χ2v) is 8.41. The Labute approximate surface area is 177 Å². The molecule has 0 amide bonds. The number of ether oxygens (including phenoxy) is 2. The van der Waals surface area contributed by atoms with Crippen LogP contribution >= 0.6 is 0 Å². The Morgan fingerprint density at radius 3 is 1.61 bits per heavy atom. The molecule has 10 heteroatoms. The molecular weight excluding hydrogens is 430 g/mol. The Kier molecular flexibility index (Phi) is 8.83. The van der Waals surface area contributed by atoms with Crippen molar-refractivity contribution in [3.05, 3.63) is 12.2 Å². The van der Waals surface area contributed by atoms with E-state index in [4.69, 9.17) is 9.47 Å². The Morgan fingerprint density at radius 1 is 0.710 bits per heavy atom. The fraction of sp³-hybridized carbons (Fsp3) is 0.810. The van der Waals surface area contributed by atoms with Gasteiger partial charge in [-0.1, -0.05) is 6.58 Å². The largest absolute Gasteiger partial charge is 0.462 e. The smallest absolute Gasteiger partial charge is 0.391 e. The van der Waals surface area contributed by atoms with E-state index in [0.717, 1.165) is 0 Å². The van der Waals surface area contributed by atoms with Crippen molar-refractivity contribution in [2.24, 2.45) is 11.8 Å². The number of carbonyl (C=O) groups excluding carboxylic acids is 2. The molecule has 2 aliphatic rings. The zero-order valence-electron chi connectivity index (χ0n) is 17.2. The first-order valence-electron chi connectivity index (χ1n) is 10.6.